The van der Waals surface area contributed by atoms with Crippen molar-refractivity contribution in [3.8, 4) is 17.3 Å². The van der Waals surface area contributed by atoms with E-state index in [9.17, 15) is 4.79 Å². The normalized spacial score (nSPS) is 11.3. The van der Waals surface area contributed by atoms with E-state index in [0.717, 1.165) is 34.4 Å². The highest BCUT2D eigenvalue weighted by atomic mass is 16.5. The van der Waals surface area contributed by atoms with E-state index in [1.807, 2.05) is 11.6 Å². The number of nitrogens with zero attached hydrogens (tertiary/aromatic N) is 2. The van der Waals surface area contributed by atoms with Gasteiger partial charge in [0.25, 0.3) is 0 Å². The van der Waals surface area contributed by atoms with Gasteiger partial charge >= 0.3 is 5.97 Å². The summed E-state index contributed by atoms with van der Waals surface area (Å²) in [4.78, 5) is 20.2. The van der Waals surface area contributed by atoms with Crippen molar-refractivity contribution in [3.63, 3.8) is 0 Å². The van der Waals surface area contributed by atoms with Crippen molar-refractivity contribution < 1.29 is 14.3 Å². The molecule has 2 aromatic heterocycles. The van der Waals surface area contributed by atoms with E-state index >= 15 is 0 Å². The van der Waals surface area contributed by atoms with E-state index in [2.05, 4.69) is 36.2 Å². The van der Waals surface area contributed by atoms with Gasteiger partial charge in [-0.05, 0) is 36.2 Å². The van der Waals surface area contributed by atoms with Gasteiger partial charge in [0, 0.05) is 18.0 Å². The molecule has 0 fully saturated rings. The Hall–Kier alpha value is -3.28. The number of ether oxygens (including phenoxy) is 2. The average molecular weight is 363 g/mol. The summed E-state index contributed by atoms with van der Waals surface area (Å²) in [5.41, 5.74) is 5.20. The first-order valence-corrected chi connectivity index (χ1v) is 8.80. The van der Waals surface area contributed by atoms with Gasteiger partial charge in [0.05, 0.1) is 31.0 Å². The fourth-order valence-corrected chi connectivity index (χ4v) is 3.46. The third kappa shape index (κ3) is 2.73. The molecule has 0 saturated carbocycles. The number of nitrogens with one attached hydrogen (secondary N) is 1. The van der Waals surface area contributed by atoms with Gasteiger partial charge in [-0.15, -0.1) is 0 Å². The van der Waals surface area contributed by atoms with E-state index in [-0.39, 0.29) is 0 Å². The predicted molar refractivity (Wildman–Crippen MR) is 105 cm³/mol. The molecule has 1 N–H and O–H groups in total. The average Bonchev–Trinajstić information content (AvgIpc) is 3.26. The van der Waals surface area contributed by atoms with Crippen molar-refractivity contribution in [2.24, 2.45) is 7.05 Å². The highest BCUT2D eigenvalue weighted by Gasteiger charge is 2.19. The largest absolute Gasteiger partial charge is 0.494 e. The van der Waals surface area contributed by atoms with Crippen molar-refractivity contribution in [3.05, 3.63) is 47.5 Å². The van der Waals surface area contributed by atoms with Crippen LogP contribution in [-0.4, -0.2) is 34.7 Å². The Labute approximate surface area is 156 Å². The summed E-state index contributed by atoms with van der Waals surface area (Å²) in [5, 5.41) is 1.14. The van der Waals surface area contributed by atoms with Crippen molar-refractivity contribution in [2.45, 2.75) is 13.3 Å². The molecule has 0 spiro atoms. The number of H-pyrrole nitrogens is 1. The van der Waals surface area contributed by atoms with Gasteiger partial charge in [0.15, 0.2) is 5.82 Å². The summed E-state index contributed by atoms with van der Waals surface area (Å²) in [6.45, 7) is 2.14. The topological polar surface area (TPSA) is 69.1 Å². The first-order chi connectivity index (χ1) is 13.0. The molecule has 4 aromatic rings. The van der Waals surface area contributed by atoms with Crippen LogP contribution in [-0.2, 0) is 18.2 Å². The molecule has 4 rings (SSSR count). The minimum atomic E-state index is -0.417. The van der Waals surface area contributed by atoms with Crippen LogP contribution < -0.4 is 4.74 Å². The predicted octanol–water partition coefficient (Wildman–Crippen LogP) is 4.08. The number of hydrogen-bond acceptors (Lipinski definition) is 4. The zero-order valence-electron chi connectivity index (χ0n) is 15.8. The molecule has 0 unspecified atom stereocenters. The number of carbonyl (C=O) groups is 1. The molecule has 0 bridgehead atoms. The fraction of sp³-hybridized carbons (Fsp3) is 0.238. The molecule has 2 heterocycles. The fourth-order valence-electron chi connectivity index (χ4n) is 3.46. The maximum atomic E-state index is 11.9. The zero-order chi connectivity index (χ0) is 19.1. The van der Waals surface area contributed by atoms with E-state index in [1.165, 1.54) is 12.7 Å². The summed E-state index contributed by atoms with van der Waals surface area (Å²) in [6, 6.07) is 11.9. The van der Waals surface area contributed by atoms with E-state index in [4.69, 9.17) is 14.5 Å². The third-order valence-electron chi connectivity index (χ3n) is 4.91. The lowest BCUT2D eigenvalue weighted by Crippen LogP contribution is -2.02. The minimum absolute atomic E-state index is 0.413. The molecule has 0 atom stereocenters. The SMILES string of the molecule is CCc1ccc2cc(-c3nc4cc(C(=O)OC)cc(OC)c4n3C)[nH]c2c1. The molecular weight excluding hydrogens is 342 g/mol. The molecule has 0 radical (unpaired) electrons. The van der Waals surface area contributed by atoms with Crippen LogP contribution in [0.3, 0.4) is 0 Å². The number of aryl methyl sites for hydroxylation is 2. The molecule has 27 heavy (non-hydrogen) atoms. The number of aromatic amines is 1. The Morgan fingerprint density at radius 1 is 1.19 bits per heavy atom. The van der Waals surface area contributed by atoms with Gasteiger partial charge in [-0.25, -0.2) is 9.78 Å². The first kappa shape index (κ1) is 17.1. The lowest BCUT2D eigenvalue weighted by Gasteiger charge is -2.07. The number of fused-ring (bicyclic) bond motifs is 2. The molecule has 0 aliphatic heterocycles. The lowest BCUT2D eigenvalue weighted by atomic mass is 10.1. The van der Waals surface area contributed by atoms with Crippen LogP contribution in [0.1, 0.15) is 22.8 Å². The van der Waals surface area contributed by atoms with Gasteiger partial charge in [-0.3, -0.25) is 0 Å². The summed E-state index contributed by atoms with van der Waals surface area (Å²) in [5.74, 6) is 0.943. The zero-order valence-corrected chi connectivity index (χ0v) is 15.8. The van der Waals surface area contributed by atoms with Gasteiger partial charge < -0.3 is 19.0 Å². The van der Waals surface area contributed by atoms with Crippen molar-refractivity contribution in [1.29, 1.82) is 0 Å². The second kappa shape index (κ2) is 6.46. The van der Waals surface area contributed by atoms with Crippen LogP contribution in [0.2, 0.25) is 0 Å². The van der Waals surface area contributed by atoms with Gasteiger partial charge in [-0.1, -0.05) is 19.1 Å². The van der Waals surface area contributed by atoms with Crippen LogP contribution in [0.4, 0.5) is 0 Å². The monoisotopic (exact) mass is 363 g/mol. The lowest BCUT2D eigenvalue weighted by molar-refractivity contribution is 0.0600. The van der Waals surface area contributed by atoms with Crippen molar-refractivity contribution in [2.75, 3.05) is 14.2 Å². The van der Waals surface area contributed by atoms with Gasteiger partial charge in [-0.2, -0.15) is 0 Å². The summed E-state index contributed by atoms with van der Waals surface area (Å²) >= 11 is 0. The standard InChI is InChI=1S/C21H21N3O3/c1-5-12-6-7-13-9-17(22-15(13)8-12)20-23-16-10-14(21(25)27-4)11-18(26-3)19(16)24(20)2/h6-11,22H,5H2,1-4H3. The van der Waals surface area contributed by atoms with Crippen LogP contribution in [0.25, 0.3) is 33.5 Å². The Balaban J connectivity index is 1.92. The summed E-state index contributed by atoms with van der Waals surface area (Å²) < 4.78 is 12.3. The number of methoxy groups -OCH3 is 2. The van der Waals surface area contributed by atoms with E-state index in [0.29, 0.717) is 16.8 Å². The van der Waals surface area contributed by atoms with Crippen molar-refractivity contribution in [1.82, 2.24) is 14.5 Å². The Morgan fingerprint density at radius 2 is 2.00 bits per heavy atom. The summed E-state index contributed by atoms with van der Waals surface area (Å²) in [6.07, 6.45) is 0.990. The number of hydrogen-bond donors (Lipinski definition) is 1. The molecular formula is C21H21N3O3. The van der Waals surface area contributed by atoms with E-state index in [1.54, 1.807) is 19.2 Å². The van der Waals surface area contributed by atoms with Crippen LogP contribution in [0, 0.1) is 0 Å². The van der Waals surface area contributed by atoms with Crippen LogP contribution >= 0.6 is 0 Å². The Kier molecular flexibility index (Phi) is 4.11. The number of esters is 1. The molecule has 0 aliphatic carbocycles. The van der Waals surface area contributed by atoms with Crippen molar-refractivity contribution >= 4 is 27.9 Å². The molecule has 0 saturated heterocycles. The summed E-state index contributed by atoms with van der Waals surface area (Å²) in [7, 11) is 4.88. The third-order valence-corrected chi connectivity index (χ3v) is 4.91. The maximum Gasteiger partial charge on any atom is 0.338 e. The number of aromatic nitrogens is 3. The molecule has 138 valence electrons. The second-order valence-electron chi connectivity index (χ2n) is 6.49. The molecule has 2 aromatic carbocycles. The minimum Gasteiger partial charge on any atom is -0.494 e. The van der Waals surface area contributed by atoms with Gasteiger partial charge in [0.2, 0.25) is 0 Å². The number of benzene rings is 2. The molecule has 0 amide bonds. The Bertz CT molecular complexity index is 1170. The first-order valence-electron chi connectivity index (χ1n) is 8.80. The highest BCUT2D eigenvalue weighted by molar-refractivity contribution is 5.97. The maximum absolute atomic E-state index is 11.9. The number of rotatable bonds is 4. The molecule has 6 heteroatoms. The highest BCUT2D eigenvalue weighted by Crippen LogP contribution is 2.32. The second-order valence-corrected chi connectivity index (χ2v) is 6.49. The quantitative estimate of drug-likeness (QED) is 0.555. The van der Waals surface area contributed by atoms with E-state index < -0.39 is 5.97 Å². The smallest absolute Gasteiger partial charge is 0.338 e. The molecule has 6 nitrogen and oxygen atoms in total. The van der Waals surface area contributed by atoms with Crippen LogP contribution in [0.15, 0.2) is 36.4 Å². The number of carbonyl (C=O) groups excluding carboxylic acids is 1. The number of imidazole rings is 1. The molecule has 0 aliphatic rings. The van der Waals surface area contributed by atoms with Gasteiger partial charge in [0.1, 0.15) is 11.3 Å². The van der Waals surface area contributed by atoms with Crippen LogP contribution in [0.5, 0.6) is 5.75 Å². The Morgan fingerprint density at radius 3 is 2.70 bits per heavy atom.